The minimum absolute atomic E-state index is 0.262. The van der Waals surface area contributed by atoms with Crippen LogP contribution in [-0.4, -0.2) is 11.9 Å². The summed E-state index contributed by atoms with van der Waals surface area (Å²) in [4.78, 5) is 4.41. The summed E-state index contributed by atoms with van der Waals surface area (Å²) in [7, 11) is 0. The molecule has 0 aliphatic carbocycles. The zero-order chi connectivity index (χ0) is 10.8. The van der Waals surface area contributed by atoms with Crippen molar-refractivity contribution in [3.63, 3.8) is 0 Å². The van der Waals surface area contributed by atoms with Crippen molar-refractivity contribution < 1.29 is 0 Å². The van der Waals surface area contributed by atoms with Gasteiger partial charge < -0.3 is 5.32 Å². The second-order valence-electron chi connectivity index (χ2n) is 4.93. The Kier molecular flexibility index (Phi) is 3.35. The number of rotatable bonds is 2. The van der Waals surface area contributed by atoms with E-state index in [-0.39, 0.29) is 5.41 Å². The Hall–Kier alpha value is -0.790. The van der Waals surface area contributed by atoms with Crippen molar-refractivity contribution in [1.82, 2.24) is 5.32 Å². The number of hydrogen-bond acceptors (Lipinski definition) is 2. The first-order valence-electron chi connectivity index (χ1n) is 5.51. The van der Waals surface area contributed by atoms with Gasteiger partial charge >= 0.3 is 0 Å². The molecule has 80 valence electrons. The SMILES string of the molecule is CCC1=CN=C(CC)NC1C(C)(C)C. The van der Waals surface area contributed by atoms with Crippen molar-refractivity contribution in [3.05, 3.63) is 11.8 Å². The second kappa shape index (κ2) is 4.16. The Labute approximate surface area is 87.5 Å². The lowest BCUT2D eigenvalue weighted by atomic mass is 9.81. The van der Waals surface area contributed by atoms with E-state index in [0.29, 0.717) is 6.04 Å². The molecule has 0 fully saturated rings. The third-order valence-corrected chi connectivity index (χ3v) is 2.68. The Morgan fingerprint density at radius 2 is 1.93 bits per heavy atom. The second-order valence-corrected chi connectivity index (χ2v) is 4.93. The molecule has 1 rings (SSSR count). The van der Waals surface area contributed by atoms with Crippen LogP contribution in [0.2, 0.25) is 0 Å². The van der Waals surface area contributed by atoms with E-state index in [4.69, 9.17) is 0 Å². The summed E-state index contributed by atoms with van der Waals surface area (Å²) >= 11 is 0. The molecule has 0 radical (unpaired) electrons. The zero-order valence-corrected chi connectivity index (χ0v) is 10.0. The molecule has 2 heteroatoms. The predicted molar refractivity (Wildman–Crippen MR) is 62.5 cm³/mol. The number of hydrogen-bond donors (Lipinski definition) is 1. The van der Waals surface area contributed by atoms with E-state index in [1.807, 2.05) is 6.20 Å². The van der Waals surface area contributed by atoms with E-state index in [9.17, 15) is 0 Å². The van der Waals surface area contributed by atoms with Gasteiger partial charge in [0.25, 0.3) is 0 Å². The monoisotopic (exact) mass is 194 g/mol. The first-order valence-corrected chi connectivity index (χ1v) is 5.51. The normalized spacial score (nSPS) is 22.5. The molecule has 14 heavy (non-hydrogen) atoms. The molecule has 0 saturated carbocycles. The van der Waals surface area contributed by atoms with Gasteiger partial charge in [-0.2, -0.15) is 0 Å². The lowest BCUT2D eigenvalue weighted by Gasteiger charge is -2.36. The van der Waals surface area contributed by atoms with Gasteiger partial charge in [0.05, 0.1) is 6.04 Å². The minimum Gasteiger partial charge on any atom is -0.366 e. The minimum atomic E-state index is 0.262. The highest BCUT2D eigenvalue weighted by Crippen LogP contribution is 2.28. The van der Waals surface area contributed by atoms with Gasteiger partial charge in [-0.25, -0.2) is 4.99 Å². The maximum atomic E-state index is 4.41. The zero-order valence-electron chi connectivity index (χ0n) is 10.0. The third-order valence-electron chi connectivity index (χ3n) is 2.68. The van der Waals surface area contributed by atoms with Gasteiger partial charge in [-0.15, -0.1) is 0 Å². The summed E-state index contributed by atoms with van der Waals surface area (Å²) in [5.41, 5.74) is 1.67. The highest BCUT2D eigenvalue weighted by molar-refractivity contribution is 5.84. The highest BCUT2D eigenvalue weighted by atomic mass is 15.0. The van der Waals surface area contributed by atoms with Gasteiger partial charge in [-0.05, 0) is 17.4 Å². The van der Waals surface area contributed by atoms with Gasteiger partial charge in [0.2, 0.25) is 0 Å². The molecule has 0 bridgehead atoms. The lowest BCUT2D eigenvalue weighted by molar-refractivity contribution is 0.322. The van der Waals surface area contributed by atoms with Crippen LogP contribution < -0.4 is 5.32 Å². The van der Waals surface area contributed by atoms with Gasteiger partial charge in [0.15, 0.2) is 0 Å². The topological polar surface area (TPSA) is 24.4 Å². The maximum absolute atomic E-state index is 4.41. The Balaban J connectivity index is 2.88. The van der Waals surface area contributed by atoms with E-state index in [0.717, 1.165) is 18.7 Å². The fraction of sp³-hybridized carbons (Fsp3) is 0.750. The molecule has 2 nitrogen and oxygen atoms in total. The molecule has 0 saturated heterocycles. The molecule has 1 aliphatic rings. The van der Waals surface area contributed by atoms with Crippen LogP contribution in [0.4, 0.5) is 0 Å². The maximum Gasteiger partial charge on any atom is 0.102 e. The van der Waals surface area contributed by atoms with E-state index >= 15 is 0 Å². The molecular weight excluding hydrogens is 172 g/mol. The molecule has 0 aromatic rings. The first kappa shape index (κ1) is 11.3. The molecule has 0 amide bonds. The largest absolute Gasteiger partial charge is 0.366 e. The van der Waals surface area contributed by atoms with Crippen molar-refractivity contribution in [2.24, 2.45) is 10.4 Å². The van der Waals surface area contributed by atoms with E-state index in [1.165, 1.54) is 5.57 Å². The highest BCUT2D eigenvalue weighted by Gasteiger charge is 2.29. The molecular formula is C12H22N2. The quantitative estimate of drug-likeness (QED) is 0.717. The van der Waals surface area contributed by atoms with Crippen molar-refractivity contribution in [2.75, 3.05) is 0 Å². The Bertz CT molecular complexity index is 256. The van der Waals surface area contributed by atoms with Crippen molar-refractivity contribution in [1.29, 1.82) is 0 Å². The summed E-state index contributed by atoms with van der Waals surface area (Å²) in [6.07, 6.45) is 4.11. The van der Waals surface area contributed by atoms with E-state index in [2.05, 4.69) is 44.9 Å². The molecule has 1 atom stereocenters. The predicted octanol–water partition coefficient (Wildman–Crippen LogP) is 3.11. The molecule has 1 aliphatic heterocycles. The van der Waals surface area contributed by atoms with Crippen LogP contribution in [0.15, 0.2) is 16.8 Å². The average Bonchev–Trinajstić information content (AvgIpc) is 2.15. The molecule has 0 aromatic heterocycles. The van der Waals surface area contributed by atoms with Gasteiger partial charge in [0, 0.05) is 12.6 Å². The van der Waals surface area contributed by atoms with Crippen LogP contribution >= 0.6 is 0 Å². The number of nitrogens with one attached hydrogen (secondary N) is 1. The van der Waals surface area contributed by atoms with Crippen molar-refractivity contribution >= 4 is 5.84 Å². The Morgan fingerprint density at radius 1 is 1.29 bits per heavy atom. The van der Waals surface area contributed by atoms with Gasteiger partial charge in [-0.3, -0.25) is 0 Å². The summed E-state index contributed by atoms with van der Waals surface area (Å²) in [5.74, 6) is 1.11. The molecule has 0 spiro atoms. The van der Waals surface area contributed by atoms with E-state index in [1.54, 1.807) is 0 Å². The number of nitrogens with zero attached hydrogens (tertiary/aromatic N) is 1. The molecule has 1 unspecified atom stereocenters. The fourth-order valence-electron chi connectivity index (χ4n) is 1.79. The van der Waals surface area contributed by atoms with Gasteiger partial charge in [0.1, 0.15) is 5.84 Å². The lowest BCUT2D eigenvalue weighted by Crippen LogP contribution is -2.46. The summed E-state index contributed by atoms with van der Waals surface area (Å²) in [5, 5.41) is 3.53. The summed E-state index contributed by atoms with van der Waals surface area (Å²) < 4.78 is 0. The summed E-state index contributed by atoms with van der Waals surface area (Å²) in [6.45, 7) is 11.1. The van der Waals surface area contributed by atoms with Crippen LogP contribution in [0.3, 0.4) is 0 Å². The number of amidine groups is 1. The summed E-state index contributed by atoms with van der Waals surface area (Å²) in [6, 6.07) is 0.444. The van der Waals surface area contributed by atoms with Crippen LogP contribution in [-0.2, 0) is 0 Å². The Morgan fingerprint density at radius 3 is 2.36 bits per heavy atom. The van der Waals surface area contributed by atoms with E-state index < -0.39 is 0 Å². The van der Waals surface area contributed by atoms with Crippen LogP contribution in [0.1, 0.15) is 47.5 Å². The van der Waals surface area contributed by atoms with Crippen molar-refractivity contribution in [3.8, 4) is 0 Å². The van der Waals surface area contributed by atoms with Crippen molar-refractivity contribution in [2.45, 2.75) is 53.5 Å². The smallest absolute Gasteiger partial charge is 0.102 e. The fourth-order valence-corrected chi connectivity index (χ4v) is 1.79. The van der Waals surface area contributed by atoms with Gasteiger partial charge in [-0.1, -0.05) is 34.6 Å². The standard InChI is InChI=1S/C12H22N2/c1-6-9-8-13-10(7-2)14-11(9)12(3,4)5/h8,11H,6-7H2,1-5H3,(H,13,14). The van der Waals surface area contributed by atoms with Crippen LogP contribution in [0.5, 0.6) is 0 Å². The molecule has 1 heterocycles. The van der Waals surface area contributed by atoms with Crippen LogP contribution in [0, 0.1) is 5.41 Å². The van der Waals surface area contributed by atoms with Crippen LogP contribution in [0.25, 0.3) is 0 Å². The molecule has 0 aromatic carbocycles. The average molecular weight is 194 g/mol. The third kappa shape index (κ3) is 2.37. The number of aliphatic imine (C=N–C) groups is 1. The first-order chi connectivity index (χ1) is 6.49. The molecule has 1 N–H and O–H groups in total.